The highest BCUT2D eigenvalue weighted by Gasteiger charge is 2.24. The van der Waals surface area contributed by atoms with Crippen molar-refractivity contribution < 1.29 is 18.8 Å². The van der Waals surface area contributed by atoms with E-state index in [0.29, 0.717) is 11.1 Å². The van der Waals surface area contributed by atoms with Crippen molar-refractivity contribution in [3.05, 3.63) is 80.2 Å². The molecule has 24 heavy (non-hydrogen) atoms. The van der Waals surface area contributed by atoms with Crippen LogP contribution in [0.3, 0.4) is 0 Å². The van der Waals surface area contributed by atoms with E-state index < -0.39 is 16.7 Å². The van der Waals surface area contributed by atoms with Gasteiger partial charge >= 0.3 is 5.97 Å². The maximum absolute atomic E-state index is 12.9. The minimum absolute atomic E-state index is 0.0132. The Morgan fingerprint density at radius 2 is 1.92 bits per heavy atom. The van der Waals surface area contributed by atoms with Gasteiger partial charge in [-0.05, 0) is 48.0 Å². The second kappa shape index (κ2) is 6.21. The lowest BCUT2D eigenvalue weighted by atomic mass is 10.2. The summed E-state index contributed by atoms with van der Waals surface area (Å²) in [6.45, 7) is 0. The molecule has 1 aliphatic rings. The van der Waals surface area contributed by atoms with Crippen LogP contribution in [-0.2, 0) is 9.53 Å². The summed E-state index contributed by atoms with van der Waals surface area (Å²) < 4.78 is 18.0. The van der Waals surface area contributed by atoms with E-state index >= 15 is 0 Å². The topological polar surface area (TPSA) is 81.8 Å². The zero-order valence-corrected chi connectivity index (χ0v) is 12.7. The molecule has 0 bridgehead atoms. The van der Waals surface area contributed by atoms with Crippen molar-refractivity contribution in [3.8, 4) is 0 Å². The van der Waals surface area contributed by atoms with Crippen molar-refractivity contribution >= 4 is 35.2 Å². The summed E-state index contributed by atoms with van der Waals surface area (Å²) in [6.07, 6.45) is 1.40. The molecule has 2 aromatic rings. The minimum atomic E-state index is -0.677. The molecule has 6 nitrogen and oxygen atoms in total. The molecular formula is C16H8ClFN2O4. The van der Waals surface area contributed by atoms with Gasteiger partial charge in [0.05, 0.1) is 4.92 Å². The molecule has 0 fully saturated rings. The predicted octanol–water partition coefficient (Wildman–Crippen LogP) is 3.73. The number of carbonyl (C=O) groups excluding carboxylic acids is 1. The van der Waals surface area contributed by atoms with Gasteiger partial charge in [0.15, 0.2) is 5.70 Å². The quantitative estimate of drug-likeness (QED) is 0.367. The van der Waals surface area contributed by atoms with Crippen molar-refractivity contribution in [1.82, 2.24) is 0 Å². The number of rotatable bonds is 3. The van der Waals surface area contributed by atoms with Crippen LogP contribution >= 0.6 is 11.6 Å². The zero-order chi connectivity index (χ0) is 17.3. The van der Waals surface area contributed by atoms with Gasteiger partial charge in [0.2, 0.25) is 5.90 Å². The van der Waals surface area contributed by atoms with Crippen LogP contribution in [0.1, 0.15) is 11.1 Å². The second-order valence-electron chi connectivity index (χ2n) is 4.81. The van der Waals surface area contributed by atoms with Crippen molar-refractivity contribution in [2.75, 3.05) is 0 Å². The predicted molar refractivity (Wildman–Crippen MR) is 85.1 cm³/mol. The van der Waals surface area contributed by atoms with E-state index in [-0.39, 0.29) is 22.3 Å². The number of aliphatic imine (C=N–C) groups is 1. The summed E-state index contributed by atoms with van der Waals surface area (Å²) in [7, 11) is 0. The summed E-state index contributed by atoms with van der Waals surface area (Å²) in [4.78, 5) is 26.1. The fourth-order valence-corrected chi connectivity index (χ4v) is 2.30. The smallest absolute Gasteiger partial charge is 0.363 e. The molecular weight excluding hydrogens is 339 g/mol. The Hall–Kier alpha value is -3.06. The summed E-state index contributed by atoms with van der Waals surface area (Å²) >= 11 is 5.83. The van der Waals surface area contributed by atoms with Gasteiger partial charge in [0.1, 0.15) is 10.8 Å². The number of carbonyl (C=O) groups is 1. The molecule has 0 saturated carbocycles. The fourth-order valence-electron chi connectivity index (χ4n) is 2.04. The van der Waals surface area contributed by atoms with E-state index in [1.807, 2.05) is 0 Å². The first-order chi connectivity index (χ1) is 11.4. The van der Waals surface area contributed by atoms with Gasteiger partial charge in [0.25, 0.3) is 5.69 Å². The number of nitro benzene ring substituents is 1. The van der Waals surface area contributed by atoms with Gasteiger partial charge in [-0.2, -0.15) is 0 Å². The van der Waals surface area contributed by atoms with Gasteiger partial charge in [-0.3, -0.25) is 10.1 Å². The van der Waals surface area contributed by atoms with Crippen molar-refractivity contribution in [1.29, 1.82) is 0 Å². The second-order valence-corrected chi connectivity index (χ2v) is 5.22. The average molecular weight is 347 g/mol. The number of hydrogen-bond acceptors (Lipinski definition) is 5. The standard InChI is InChI=1S/C16H8ClFN2O4/c17-12-7-9(1-6-14(12)20(22)23)8-13-16(21)24-15(19-13)10-2-4-11(18)5-3-10/h1-8H/b13-8+. The van der Waals surface area contributed by atoms with Crippen LogP contribution in [0.25, 0.3) is 6.08 Å². The Bertz CT molecular complexity index is 907. The Kier molecular flexibility index (Phi) is 4.09. The molecule has 1 heterocycles. The number of nitro groups is 1. The minimum Gasteiger partial charge on any atom is -0.402 e. The molecule has 2 aromatic carbocycles. The molecule has 0 spiro atoms. The number of cyclic esters (lactones) is 1. The van der Waals surface area contributed by atoms with Crippen molar-refractivity contribution in [2.45, 2.75) is 0 Å². The van der Waals surface area contributed by atoms with Gasteiger partial charge < -0.3 is 4.74 Å². The zero-order valence-electron chi connectivity index (χ0n) is 11.9. The highest BCUT2D eigenvalue weighted by Crippen LogP contribution is 2.27. The van der Waals surface area contributed by atoms with E-state index in [2.05, 4.69) is 4.99 Å². The molecule has 0 amide bonds. The molecule has 3 rings (SSSR count). The number of hydrogen-bond donors (Lipinski definition) is 0. The van der Waals surface area contributed by atoms with Crippen LogP contribution in [0.4, 0.5) is 10.1 Å². The molecule has 8 heteroatoms. The fraction of sp³-hybridized carbons (Fsp3) is 0. The molecule has 120 valence electrons. The van der Waals surface area contributed by atoms with E-state index in [4.69, 9.17) is 16.3 Å². The third-order valence-corrected chi connectivity index (χ3v) is 3.49. The van der Waals surface area contributed by atoms with Crippen LogP contribution in [0.5, 0.6) is 0 Å². The number of nitrogens with zero attached hydrogens (tertiary/aromatic N) is 2. The molecule has 0 radical (unpaired) electrons. The van der Waals surface area contributed by atoms with Crippen LogP contribution in [0.15, 0.2) is 53.2 Å². The van der Waals surface area contributed by atoms with Crippen molar-refractivity contribution in [2.24, 2.45) is 4.99 Å². The Balaban J connectivity index is 1.92. The first-order valence-corrected chi connectivity index (χ1v) is 7.04. The molecule has 0 aliphatic carbocycles. The Labute approximate surface area is 140 Å². The third kappa shape index (κ3) is 3.16. The lowest BCUT2D eigenvalue weighted by Gasteiger charge is -1.98. The molecule has 0 aromatic heterocycles. The van der Waals surface area contributed by atoms with Crippen LogP contribution in [0, 0.1) is 15.9 Å². The number of benzene rings is 2. The highest BCUT2D eigenvalue weighted by molar-refractivity contribution is 6.32. The van der Waals surface area contributed by atoms with Crippen molar-refractivity contribution in [3.63, 3.8) is 0 Å². The highest BCUT2D eigenvalue weighted by atomic mass is 35.5. The Morgan fingerprint density at radius 3 is 2.54 bits per heavy atom. The van der Waals surface area contributed by atoms with Crippen LogP contribution < -0.4 is 0 Å². The SMILES string of the molecule is O=C1OC(c2ccc(F)cc2)=N/C1=C/c1ccc([N+](=O)[O-])c(Cl)c1. The monoisotopic (exact) mass is 346 g/mol. The average Bonchev–Trinajstić information content (AvgIpc) is 2.88. The van der Waals surface area contributed by atoms with Crippen LogP contribution in [0.2, 0.25) is 5.02 Å². The Morgan fingerprint density at radius 1 is 1.21 bits per heavy atom. The third-order valence-electron chi connectivity index (χ3n) is 3.18. The lowest BCUT2D eigenvalue weighted by molar-refractivity contribution is -0.384. The van der Waals surface area contributed by atoms with Gasteiger partial charge in [-0.25, -0.2) is 14.2 Å². The largest absolute Gasteiger partial charge is 0.402 e. The van der Waals surface area contributed by atoms with Gasteiger partial charge in [0, 0.05) is 11.6 Å². The summed E-state index contributed by atoms with van der Waals surface area (Å²) in [5.74, 6) is -1.04. The molecule has 0 unspecified atom stereocenters. The normalized spacial score (nSPS) is 15.3. The molecule has 0 atom stereocenters. The van der Waals surface area contributed by atoms with E-state index in [1.54, 1.807) is 0 Å². The summed E-state index contributed by atoms with van der Waals surface area (Å²) in [5, 5.41) is 10.7. The first-order valence-electron chi connectivity index (χ1n) is 6.66. The first kappa shape index (κ1) is 15.8. The number of halogens is 2. The summed E-state index contributed by atoms with van der Waals surface area (Å²) in [5.41, 5.74) is 0.694. The van der Waals surface area contributed by atoms with Crippen LogP contribution in [-0.4, -0.2) is 16.8 Å². The van der Waals surface area contributed by atoms with E-state index in [0.717, 1.165) is 0 Å². The van der Waals surface area contributed by atoms with Gasteiger partial charge in [-0.15, -0.1) is 0 Å². The van der Waals surface area contributed by atoms with E-state index in [9.17, 15) is 19.3 Å². The lowest BCUT2D eigenvalue weighted by Crippen LogP contribution is -2.05. The summed E-state index contributed by atoms with van der Waals surface area (Å²) in [6, 6.07) is 9.36. The maximum Gasteiger partial charge on any atom is 0.363 e. The number of ether oxygens (including phenoxy) is 1. The molecule has 0 saturated heterocycles. The molecule has 1 aliphatic heterocycles. The number of esters is 1. The van der Waals surface area contributed by atoms with E-state index in [1.165, 1.54) is 48.5 Å². The molecule has 0 N–H and O–H groups in total. The van der Waals surface area contributed by atoms with Gasteiger partial charge in [-0.1, -0.05) is 11.6 Å². The maximum atomic E-state index is 12.9.